The Morgan fingerprint density at radius 3 is 2.94 bits per heavy atom. The number of carbonyl (C=O) groups is 1. The van der Waals surface area contributed by atoms with E-state index in [0.717, 1.165) is 37.4 Å². The molecule has 0 aliphatic carbocycles. The van der Waals surface area contributed by atoms with Crippen LogP contribution in [0.1, 0.15) is 40.8 Å². The molecule has 1 atom stereocenters. The van der Waals surface area contributed by atoms with E-state index in [4.69, 9.17) is 10.00 Å². The van der Waals surface area contributed by atoms with Crippen molar-refractivity contribution in [2.24, 2.45) is 0 Å². The number of nitriles is 1. The summed E-state index contributed by atoms with van der Waals surface area (Å²) in [4.78, 5) is 30.2. The molecule has 1 aliphatic heterocycles. The number of carbonyl (C=O) groups excluding carboxylic acids is 1. The van der Waals surface area contributed by atoms with Crippen LogP contribution in [0.2, 0.25) is 0 Å². The molecule has 0 saturated carbocycles. The SMILES string of the molecule is Cc1nc(Nc2nc(C(=O)N(C)CCOc3ccccc3)cs2)cc([C@H]2CCCN(CC#N)C2)n1. The minimum Gasteiger partial charge on any atom is -0.492 e. The molecule has 10 heteroatoms. The van der Waals surface area contributed by atoms with Crippen LogP contribution >= 0.6 is 11.3 Å². The van der Waals surface area contributed by atoms with Crippen molar-refractivity contribution in [2.45, 2.75) is 25.7 Å². The largest absolute Gasteiger partial charge is 0.492 e. The van der Waals surface area contributed by atoms with Gasteiger partial charge in [-0.05, 0) is 38.4 Å². The summed E-state index contributed by atoms with van der Waals surface area (Å²) in [5, 5.41) is 14.6. The van der Waals surface area contributed by atoms with Crippen molar-refractivity contribution in [1.29, 1.82) is 5.26 Å². The number of ether oxygens (including phenoxy) is 1. The van der Waals surface area contributed by atoms with E-state index in [2.05, 4.69) is 31.2 Å². The number of hydrogen-bond donors (Lipinski definition) is 1. The zero-order valence-corrected chi connectivity index (χ0v) is 20.8. The lowest BCUT2D eigenvalue weighted by Crippen LogP contribution is -2.35. The highest BCUT2D eigenvalue weighted by molar-refractivity contribution is 7.14. The normalized spacial score (nSPS) is 15.9. The van der Waals surface area contributed by atoms with Crippen molar-refractivity contribution in [3.63, 3.8) is 0 Å². The molecule has 1 amide bonds. The zero-order valence-electron chi connectivity index (χ0n) is 20.0. The topological polar surface area (TPSA) is 107 Å². The van der Waals surface area contributed by atoms with Gasteiger partial charge in [0.1, 0.15) is 29.7 Å². The van der Waals surface area contributed by atoms with Crippen molar-refractivity contribution >= 4 is 28.2 Å². The Hall–Kier alpha value is -3.55. The highest BCUT2D eigenvalue weighted by atomic mass is 32.1. The molecule has 1 aromatic carbocycles. The molecule has 1 aliphatic rings. The van der Waals surface area contributed by atoms with Crippen molar-refractivity contribution in [3.8, 4) is 11.8 Å². The number of benzene rings is 1. The molecule has 9 nitrogen and oxygen atoms in total. The van der Waals surface area contributed by atoms with Crippen molar-refractivity contribution in [1.82, 2.24) is 24.8 Å². The number of anilines is 2. The van der Waals surface area contributed by atoms with Crippen LogP contribution in [-0.2, 0) is 0 Å². The first-order valence-electron chi connectivity index (χ1n) is 11.6. The summed E-state index contributed by atoms with van der Waals surface area (Å²) in [7, 11) is 1.74. The highest BCUT2D eigenvalue weighted by Crippen LogP contribution is 2.28. The lowest BCUT2D eigenvalue weighted by molar-refractivity contribution is 0.0769. The van der Waals surface area contributed by atoms with Gasteiger partial charge in [0, 0.05) is 31.0 Å². The second-order valence-corrected chi connectivity index (χ2v) is 9.37. The van der Waals surface area contributed by atoms with Gasteiger partial charge < -0.3 is 15.0 Å². The van der Waals surface area contributed by atoms with E-state index >= 15 is 0 Å². The molecular weight excluding hydrogens is 462 g/mol. The van der Waals surface area contributed by atoms with Crippen LogP contribution in [0.15, 0.2) is 41.8 Å². The number of likely N-dealkylation sites (N-methyl/N-ethyl adjacent to an activating group) is 1. The number of amides is 1. The van der Waals surface area contributed by atoms with E-state index in [-0.39, 0.29) is 11.8 Å². The first-order valence-corrected chi connectivity index (χ1v) is 12.5. The second kappa shape index (κ2) is 11.7. The number of rotatable bonds is 9. The number of aryl methyl sites for hydroxylation is 1. The molecule has 1 fully saturated rings. The minimum atomic E-state index is -0.162. The fraction of sp³-hybridized carbons (Fsp3) is 0.400. The van der Waals surface area contributed by atoms with Crippen LogP contribution < -0.4 is 10.1 Å². The minimum absolute atomic E-state index is 0.162. The number of nitrogens with one attached hydrogen (secondary N) is 1. The van der Waals surface area contributed by atoms with Gasteiger partial charge in [0.2, 0.25) is 0 Å². The van der Waals surface area contributed by atoms with Gasteiger partial charge in [-0.2, -0.15) is 5.26 Å². The number of likely N-dealkylation sites (tertiary alicyclic amines) is 1. The Bertz CT molecular complexity index is 1180. The predicted octanol–water partition coefficient (Wildman–Crippen LogP) is 3.84. The zero-order chi connectivity index (χ0) is 24.6. The number of nitrogens with zero attached hydrogens (tertiary/aromatic N) is 6. The molecule has 3 aromatic rings. The summed E-state index contributed by atoms with van der Waals surface area (Å²) in [5.41, 5.74) is 1.35. The Morgan fingerprint density at radius 2 is 2.14 bits per heavy atom. The van der Waals surface area contributed by atoms with Gasteiger partial charge in [-0.1, -0.05) is 18.2 Å². The summed E-state index contributed by atoms with van der Waals surface area (Å²) in [6.07, 6.45) is 2.08. The van der Waals surface area contributed by atoms with Gasteiger partial charge in [-0.15, -0.1) is 11.3 Å². The van der Waals surface area contributed by atoms with Crippen LogP contribution in [0.25, 0.3) is 0 Å². The average Bonchev–Trinajstić information content (AvgIpc) is 3.32. The molecule has 0 spiro atoms. The quantitative estimate of drug-likeness (QED) is 0.450. The van der Waals surface area contributed by atoms with Gasteiger partial charge in [0.15, 0.2) is 5.13 Å². The van der Waals surface area contributed by atoms with Gasteiger partial charge in [-0.25, -0.2) is 15.0 Å². The molecule has 182 valence electrons. The average molecular weight is 492 g/mol. The fourth-order valence-corrected chi connectivity index (χ4v) is 4.75. The van der Waals surface area contributed by atoms with Gasteiger partial charge in [0.25, 0.3) is 5.91 Å². The molecule has 35 heavy (non-hydrogen) atoms. The highest BCUT2D eigenvalue weighted by Gasteiger charge is 2.23. The summed E-state index contributed by atoms with van der Waals surface area (Å²) in [6.45, 7) is 4.92. The molecule has 2 aromatic heterocycles. The number of para-hydroxylation sites is 1. The summed E-state index contributed by atoms with van der Waals surface area (Å²) >= 11 is 1.36. The van der Waals surface area contributed by atoms with E-state index in [0.29, 0.717) is 42.2 Å². The Kier molecular flexibility index (Phi) is 8.23. The molecular formula is C25H29N7O2S. The van der Waals surface area contributed by atoms with Gasteiger partial charge in [-0.3, -0.25) is 9.69 Å². The summed E-state index contributed by atoms with van der Waals surface area (Å²) in [5.74, 6) is 2.21. The van der Waals surface area contributed by atoms with Crippen molar-refractivity contribution in [2.75, 3.05) is 45.2 Å². The smallest absolute Gasteiger partial charge is 0.273 e. The molecule has 4 rings (SSSR count). The fourth-order valence-electron chi connectivity index (χ4n) is 4.06. The van der Waals surface area contributed by atoms with Crippen LogP contribution in [0.4, 0.5) is 10.9 Å². The van der Waals surface area contributed by atoms with Crippen LogP contribution in [0.3, 0.4) is 0 Å². The van der Waals surface area contributed by atoms with E-state index in [1.165, 1.54) is 11.3 Å². The Morgan fingerprint density at radius 1 is 1.31 bits per heavy atom. The molecule has 0 bridgehead atoms. The molecule has 1 saturated heterocycles. The van der Waals surface area contributed by atoms with Gasteiger partial charge in [0.05, 0.1) is 24.9 Å². The van der Waals surface area contributed by atoms with E-state index in [1.807, 2.05) is 43.3 Å². The molecule has 1 N–H and O–H groups in total. The molecule has 0 radical (unpaired) electrons. The second-order valence-electron chi connectivity index (χ2n) is 8.51. The van der Waals surface area contributed by atoms with Gasteiger partial charge >= 0.3 is 0 Å². The third kappa shape index (κ3) is 6.74. The first-order chi connectivity index (χ1) is 17.0. The van der Waals surface area contributed by atoms with Crippen LogP contribution in [-0.4, -0.2) is 70.5 Å². The van der Waals surface area contributed by atoms with E-state index < -0.39 is 0 Å². The lowest BCUT2D eigenvalue weighted by Gasteiger charge is -2.30. The Labute approximate surface area is 209 Å². The van der Waals surface area contributed by atoms with Crippen molar-refractivity contribution in [3.05, 3.63) is 59.0 Å². The lowest BCUT2D eigenvalue weighted by atomic mass is 9.94. The number of piperidine rings is 1. The first kappa shape index (κ1) is 24.6. The Balaban J connectivity index is 1.35. The molecule has 0 unspecified atom stereocenters. The molecule has 3 heterocycles. The van der Waals surface area contributed by atoms with E-state index in [1.54, 1.807) is 17.3 Å². The maximum atomic E-state index is 12.8. The number of thiazole rings is 1. The predicted molar refractivity (Wildman–Crippen MR) is 135 cm³/mol. The monoisotopic (exact) mass is 491 g/mol. The third-order valence-electron chi connectivity index (χ3n) is 5.82. The standard InChI is InChI=1S/C25H29N7O2S/c1-18-27-21(19-7-6-11-32(16-19)12-10-26)15-23(28-18)30-25-29-22(17-35-25)24(33)31(2)13-14-34-20-8-4-3-5-9-20/h3-5,8-9,15,17,19H,6-7,11-14,16H2,1-2H3,(H,27,28,29,30)/t19-/m0/s1. The third-order valence-corrected chi connectivity index (χ3v) is 6.58. The van der Waals surface area contributed by atoms with E-state index in [9.17, 15) is 4.79 Å². The maximum Gasteiger partial charge on any atom is 0.273 e. The van der Waals surface area contributed by atoms with Crippen LogP contribution in [0.5, 0.6) is 5.75 Å². The summed E-state index contributed by atoms with van der Waals surface area (Å²) < 4.78 is 5.68. The number of hydrogen-bond acceptors (Lipinski definition) is 9. The number of aromatic nitrogens is 3. The maximum absolute atomic E-state index is 12.8. The van der Waals surface area contributed by atoms with Crippen LogP contribution in [0, 0.1) is 18.3 Å². The summed E-state index contributed by atoms with van der Waals surface area (Å²) in [6, 6.07) is 13.7. The van der Waals surface area contributed by atoms with Crippen molar-refractivity contribution < 1.29 is 9.53 Å².